The minimum absolute atomic E-state index is 0.0552. The van der Waals surface area contributed by atoms with Gasteiger partial charge in [0.05, 0.1) is 10.7 Å². The number of hydrogen-bond donors (Lipinski definition) is 1. The van der Waals surface area contributed by atoms with Crippen molar-refractivity contribution in [1.82, 2.24) is 20.1 Å². The molecule has 1 fully saturated rings. The van der Waals surface area contributed by atoms with Crippen molar-refractivity contribution in [3.8, 4) is 0 Å². The molecule has 4 rings (SSSR count). The van der Waals surface area contributed by atoms with Crippen LogP contribution in [0.5, 0.6) is 0 Å². The van der Waals surface area contributed by atoms with Crippen LogP contribution in [0.15, 0.2) is 36.5 Å². The fourth-order valence-electron chi connectivity index (χ4n) is 3.56. The minimum Gasteiger partial charge on any atom is -0.337 e. The molecule has 0 saturated carbocycles. The molecule has 1 amide bonds. The second-order valence-electron chi connectivity index (χ2n) is 6.93. The summed E-state index contributed by atoms with van der Waals surface area (Å²) in [5.74, 6) is 0.110. The first kappa shape index (κ1) is 17.9. The highest BCUT2D eigenvalue weighted by atomic mass is 32.1. The van der Waals surface area contributed by atoms with Crippen LogP contribution in [0.25, 0.3) is 0 Å². The maximum Gasteiger partial charge on any atom is 0.265 e. The highest BCUT2D eigenvalue weighted by molar-refractivity contribution is 7.13. The standard InChI is InChI=1S/C20H21FN4OS/c1-13-19(27-18(23-13)11-14-4-6-16(21)7-5-14)20(26)25-10-2-3-15(12-25)17-8-9-22-24-17/h4-9,15H,2-3,10-12H2,1H3,(H,22,24). The van der Waals surface area contributed by atoms with Crippen LogP contribution < -0.4 is 0 Å². The monoisotopic (exact) mass is 384 g/mol. The van der Waals surface area contributed by atoms with Gasteiger partial charge in [0.2, 0.25) is 0 Å². The molecule has 27 heavy (non-hydrogen) atoms. The topological polar surface area (TPSA) is 61.9 Å². The van der Waals surface area contributed by atoms with Gasteiger partial charge in [-0.3, -0.25) is 9.89 Å². The van der Waals surface area contributed by atoms with E-state index in [9.17, 15) is 9.18 Å². The Morgan fingerprint density at radius 2 is 2.15 bits per heavy atom. The lowest BCUT2D eigenvalue weighted by Crippen LogP contribution is -2.39. The Hall–Kier alpha value is -2.54. The number of halogens is 1. The molecule has 7 heteroatoms. The van der Waals surface area contributed by atoms with Crippen LogP contribution >= 0.6 is 11.3 Å². The molecule has 0 bridgehead atoms. The van der Waals surface area contributed by atoms with Crippen molar-refractivity contribution in [2.75, 3.05) is 13.1 Å². The lowest BCUT2D eigenvalue weighted by Gasteiger charge is -2.32. The lowest BCUT2D eigenvalue weighted by atomic mass is 9.95. The van der Waals surface area contributed by atoms with Crippen LogP contribution in [-0.2, 0) is 6.42 Å². The third-order valence-corrected chi connectivity index (χ3v) is 6.12. The normalized spacial score (nSPS) is 17.3. The third-order valence-electron chi connectivity index (χ3n) is 4.97. The number of amides is 1. The molecule has 0 radical (unpaired) electrons. The van der Waals surface area contributed by atoms with E-state index in [-0.39, 0.29) is 11.7 Å². The molecule has 140 valence electrons. The molecular formula is C20H21FN4OS. The van der Waals surface area contributed by atoms with Gasteiger partial charge in [0.25, 0.3) is 5.91 Å². The summed E-state index contributed by atoms with van der Waals surface area (Å²) in [5, 5.41) is 7.94. The first-order valence-corrected chi connectivity index (χ1v) is 9.91. The Bertz CT molecular complexity index is 920. The van der Waals surface area contributed by atoms with Crippen LogP contribution in [0, 0.1) is 12.7 Å². The number of H-pyrrole nitrogens is 1. The molecule has 1 aromatic carbocycles. The van der Waals surface area contributed by atoms with Crippen LogP contribution in [0.4, 0.5) is 4.39 Å². The predicted octanol–water partition coefficient (Wildman–Crippen LogP) is 3.92. The maximum atomic E-state index is 13.1. The summed E-state index contributed by atoms with van der Waals surface area (Å²) >= 11 is 1.44. The van der Waals surface area contributed by atoms with E-state index in [1.165, 1.54) is 23.5 Å². The largest absolute Gasteiger partial charge is 0.337 e. The van der Waals surface area contributed by atoms with Gasteiger partial charge >= 0.3 is 0 Å². The van der Waals surface area contributed by atoms with E-state index in [1.54, 1.807) is 18.3 Å². The van der Waals surface area contributed by atoms with Gasteiger partial charge in [-0.25, -0.2) is 9.37 Å². The molecule has 1 unspecified atom stereocenters. The SMILES string of the molecule is Cc1nc(Cc2ccc(F)cc2)sc1C(=O)N1CCCC(c2ccn[nH]2)C1. The smallest absolute Gasteiger partial charge is 0.265 e. The third kappa shape index (κ3) is 3.93. The van der Waals surface area contributed by atoms with E-state index in [2.05, 4.69) is 15.2 Å². The zero-order valence-corrected chi connectivity index (χ0v) is 15.9. The van der Waals surface area contributed by atoms with Gasteiger partial charge in [-0.05, 0) is 43.5 Å². The first-order valence-electron chi connectivity index (χ1n) is 9.09. The van der Waals surface area contributed by atoms with Crippen molar-refractivity contribution in [3.63, 3.8) is 0 Å². The predicted molar refractivity (Wildman–Crippen MR) is 103 cm³/mol. The Morgan fingerprint density at radius 1 is 1.33 bits per heavy atom. The summed E-state index contributed by atoms with van der Waals surface area (Å²) in [6, 6.07) is 8.40. The average Bonchev–Trinajstić information content (AvgIpc) is 3.33. The van der Waals surface area contributed by atoms with Gasteiger partial charge in [-0.2, -0.15) is 5.10 Å². The maximum absolute atomic E-state index is 13.1. The van der Waals surface area contributed by atoms with Crippen LogP contribution in [-0.4, -0.2) is 39.1 Å². The minimum atomic E-state index is -0.248. The van der Waals surface area contributed by atoms with Gasteiger partial charge in [0.1, 0.15) is 10.7 Å². The van der Waals surface area contributed by atoms with Gasteiger partial charge in [0, 0.05) is 37.3 Å². The second-order valence-corrected chi connectivity index (χ2v) is 8.01. The van der Waals surface area contributed by atoms with Crippen LogP contribution in [0.2, 0.25) is 0 Å². The average molecular weight is 384 g/mol. The molecule has 5 nitrogen and oxygen atoms in total. The highest BCUT2D eigenvalue weighted by Gasteiger charge is 2.28. The summed E-state index contributed by atoms with van der Waals surface area (Å²) in [6.45, 7) is 3.36. The van der Waals surface area contributed by atoms with E-state index < -0.39 is 0 Å². The summed E-state index contributed by atoms with van der Waals surface area (Å²) in [6.07, 6.45) is 4.40. The number of thiazole rings is 1. The molecule has 0 spiro atoms. The van der Waals surface area contributed by atoms with E-state index in [1.807, 2.05) is 17.9 Å². The van der Waals surface area contributed by atoms with Crippen molar-refractivity contribution in [2.24, 2.45) is 0 Å². The highest BCUT2D eigenvalue weighted by Crippen LogP contribution is 2.28. The van der Waals surface area contributed by atoms with Crippen molar-refractivity contribution < 1.29 is 9.18 Å². The zero-order chi connectivity index (χ0) is 18.8. The summed E-state index contributed by atoms with van der Waals surface area (Å²) < 4.78 is 13.1. The molecule has 1 aliphatic heterocycles. The number of likely N-dealkylation sites (tertiary alicyclic amines) is 1. The second kappa shape index (κ2) is 7.60. The number of carbonyl (C=O) groups excluding carboxylic acids is 1. The number of aromatic nitrogens is 3. The number of hydrogen-bond acceptors (Lipinski definition) is 4. The van der Waals surface area contributed by atoms with E-state index in [4.69, 9.17) is 0 Å². The van der Waals surface area contributed by atoms with Crippen molar-refractivity contribution >= 4 is 17.2 Å². The number of carbonyl (C=O) groups is 1. The Balaban J connectivity index is 1.48. The molecule has 1 atom stereocenters. The number of piperidine rings is 1. The lowest BCUT2D eigenvalue weighted by molar-refractivity contribution is 0.0710. The van der Waals surface area contributed by atoms with Crippen molar-refractivity contribution in [1.29, 1.82) is 0 Å². The van der Waals surface area contributed by atoms with Crippen molar-refractivity contribution in [2.45, 2.75) is 32.1 Å². The number of aryl methyl sites for hydroxylation is 1. The van der Waals surface area contributed by atoms with Crippen LogP contribution in [0.3, 0.4) is 0 Å². The molecule has 0 aliphatic carbocycles. The molecule has 3 aromatic rings. The fraction of sp³-hybridized carbons (Fsp3) is 0.350. The van der Waals surface area contributed by atoms with Gasteiger partial charge < -0.3 is 4.90 Å². The van der Waals surface area contributed by atoms with Crippen LogP contribution in [0.1, 0.15) is 50.4 Å². The van der Waals surface area contributed by atoms with E-state index in [0.29, 0.717) is 23.8 Å². The Kier molecular flexibility index (Phi) is 5.03. The number of aromatic amines is 1. The van der Waals surface area contributed by atoms with E-state index in [0.717, 1.165) is 41.3 Å². The zero-order valence-electron chi connectivity index (χ0n) is 15.1. The summed E-state index contributed by atoms with van der Waals surface area (Å²) in [5.41, 5.74) is 2.85. The number of nitrogens with zero attached hydrogens (tertiary/aromatic N) is 3. The van der Waals surface area contributed by atoms with Gasteiger partial charge in [-0.15, -0.1) is 11.3 Å². The number of nitrogens with one attached hydrogen (secondary N) is 1. The summed E-state index contributed by atoms with van der Waals surface area (Å²) in [7, 11) is 0. The van der Waals surface area contributed by atoms with E-state index >= 15 is 0 Å². The summed E-state index contributed by atoms with van der Waals surface area (Å²) in [4.78, 5) is 20.3. The molecule has 1 saturated heterocycles. The molecule has 3 heterocycles. The number of benzene rings is 1. The Morgan fingerprint density at radius 3 is 2.89 bits per heavy atom. The molecule has 2 aromatic heterocycles. The van der Waals surface area contributed by atoms with Gasteiger partial charge in [-0.1, -0.05) is 12.1 Å². The fourth-order valence-corrected chi connectivity index (χ4v) is 4.62. The molecule has 1 N–H and O–H groups in total. The Labute approximate surface area is 161 Å². The number of rotatable bonds is 4. The molecular weight excluding hydrogens is 363 g/mol. The quantitative estimate of drug-likeness (QED) is 0.741. The molecule has 1 aliphatic rings. The van der Waals surface area contributed by atoms with Gasteiger partial charge in [0.15, 0.2) is 0 Å². The first-order chi connectivity index (χ1) is 13.1. The van der Waals surface area contributed by atoms with Crippen molar-refractivity contribution in [3.05, 3.63) is 69.2 Å².